The molecule has 1 aliphatic rings. The maximum absolute atomic E-state index is 10.7. The zero-order chi connectivity index (χ0) is 11.2. The highest BCUT2D eigenvalue weighted by atomic mass is 16.1. The van der Waals surface area contributed by atoms with Gasteiger partial charge >= 0.3 is 0 Å². The lowest BCUT2D eigenvalue weighted by Gasteiger charge is -2.06. The van der Waals surface area contributed by atoms with Crippen LogP contribution in [0.1, 0.15) is 28.8 Å². The van der Waals surface area contributed by atoms with Crippen molar-refractivity contribution in [1.82, 2.24) is 0 Å². The number of rotatable bonds is 2. The van der Waals surface area contributed by atoms with Crippen LogP contribution in [0, 0.1) is 0 Å². The summed E-state index contributed by atoms with van der Waals surface area (Å²) in [7, 11) is 0. The number of hydrogen-bond donors (Lipinski definition) is 0. The molecule has 0 saturated heterocycles. The van der Waals surface area contributed by atoms with Gasteiger partial charge in [0.15, 0.2) is 0 Å². The summed E-state index contributed by atoms with van der Waals surface area (Å²) in [5.74, 6) is 0. The zero-order valence-corrected chi connectivity index (χ0v) is 9.10. The lowest BCUT2D eigenvalue weighted by molar-refractivity contribution is 0.112. The molecule has 0 radical (unpaired) electrons. The Bertz CT molecular complexity index is 464. The molecule has 0 aromatic heterocycles. The second-order valence-corrected chi connectivity index (χ2v) is 3.77. The molecule has 0 saturated carbocycles. The van der Waals surface area contributed by atoms with Gasteiger partial charge < -0.3 is 0 Å². The van der Waals surface area contributed by atoms with Gasteiger partial charge in [-0.3, -0.25) is 4.79 Å². The number of allylic oxidation sites excluding steroid dienone is 6. The largest absolute Gasteiger partial charge is 0.298 e. The molecule has 0 atom stereocenters. The van der Waals surface area contributed by atoms with Crippen LogP contribution in [0.2, 0.25) is 0 Å². The van der Waals surface area contributed by atoms with E-state index in [0.29, 0.717) is 0 Å². The van der Waals surface area contributed by atoms with Crippen molar-refractivity contribution in [3.8, 4) is 0 Å². The summed E-state index contributed by atoms with van der Waals surface area (Å²) in [5, 5.41) is 0. The quantitative estimate of drug-likeness (QED) is 0.536. The van der Waals surface area contributed by atoms with Crippen LogP contribution in [0.25, 0.3) is 5.57 Å². The minimum absolute atomic E-state index is 0.730. The smallest absolute Gasteiger partial charge is 0.150 e. The Labute approximate surface area is 95.8 Å². The third kappa shape index (κ3) is 2.57. The highest BCUT2D eigenvalue weighted by Gasteiger charge is 2.01. The molecule has 0 heterocycles. The Balaban J connectivity index is 2.34. The Morgan fingerprint density at radius 1 is 1.12 bits per heavy atom. The fraction of sp³-hybridized carbons (Fsp3) is 0.133. The van der Waals surface area contributed by atoms with Gasteiger partial charge in [-0.15, -0.1) is 0 Å². The van der Waals surface area contributed by atoms with Crippen LogP contribution in [0.15, 0.2) is 54.6 Å². The Morgan fingerprint density at radius 2 is 2.06 bits per heavy atom. The first-order valence-corrected chi connectivity index (χ1v) is 5.46. The van der Waals surface area contributed by atoms with Crippen LogP contribution in [-0.2, 0) is 0 Å². The second kappa shape index (κ2) is 5.26. The van der Waals surface area contributed by atoms with Crippen molar-refractivity contribution < 1.29 is 4.79 Å². The van der Waals surface area contributed by atoms with E-state index in [1.165, 1.54) is 5.57 Å². The monoisotopic (exact) mass is 210 g/mol. The molecule has 0 amide bonds. The number of carbonyl (C=O) groups excluding carboxylic acids is 1. The number of aldehydes is 1. The van der Waals surface area contributed by atoms with Crippen molar-refractivity contribution in [2.75, 3.05) is 0 Å². The number of carbonyl (C=O) groups is 1. The van der Waals surface area contributed by atoms with E-state index in [-0.39, 0.29) is 0 Å². The first-order valence-electron chi connectivity index (χ1n) is 5.46. The first-order chi connectivity index (χ1) is 7.90. The van der Waals surface area contributed by atoms with Crippen molar-refractivity contribution in [3.05, 3.63) is 65.8 Å². The molecule has 16 heavy (non-hydrogen) atoms. The predicted molar refractivity (Wildman–Crippen MR) is 67.3 cm³/mol. The van der Waals surface area contributed by atoms with Crippen molar-refractivity contribution in [2.45, 2.75) is 12.8 Å². The van der Waals surface area contributed by atoms with Gasteiger partial charge in [0.25, 0.3) is 0 Å². The highest BCUT2D eigenvalue weighted by Crippen LogP contribution is 2.21. The fourth-order valence-electron chi connectivity index (χ4n) is 1.74. The molecule has 0 aliphatic heterocycles. The average Bonchev–Trinajstić information content (AvgIpc) is 2.29. The summed E-state index contributed by atoms with van der Waals surface area (Å²) in [6, 6.07) is 7.72. The fourth-order valence-corrected chi connectivity index (χ4v) is 1.74. The van der Waals surface area contributed by atoms with Gasteiger partial charge in [-0.25, -0.2) is 0 Å². The van der Waals surface area contributed by atoms with Crippen molar-refractivity contribution in [3.63, 3.8) is 0 Å². The second-order valence-electron chi connectivity index (χ2n) is 3.77. The average molecular weight is 210 g/mol. The third-order valence-electron chi connectivity index (χ3n) is 2.60. The maximum Gasteiger partial charge on any atom is 0.150 e. The van der Waals surface area contributed by atoms with Crippen LogP contribution in [-0.4, -0.2) is 6.29 Å². The van der Waals surface area contributed by atoms with E-state index in [1.807, 2.05) is 24.3 Å². The summed E-state index contributed by atoms with van der Waals surface area (Å²) in [5.41, 5.74) is 3.10. The van der Waals surface area contributed by atoms with Crippen molar-refractivity contribution >= 4 is 11.9 Å². The molecule has 0 fully saturated rings. The van der Waals surface area contributed by atoms with Gasteiger partial charge in [-0.1, -0.05) is 48.6 Å². The Morgan fingerprint density at radius 3 is 2.94 bits per heavy atom. The summed E-state index contributed by atoms with van der Waals surface area (Å²) in [4.78, 5) is 10.7. The Hall–Kier alpha value is -1.89. The Kier molecular flexibility index (Phi) is 3.50. The molecule has 0 bridgehead atoms. The van der Waals surface area contributed by atoms with Gasteiger partial charge in [0.2, 0.25) is 0 Å². The van der Waals surface area contributed by atoms with E-state index in [4.69, 9.17) is 0 Å². The molecule has 1 aromatic rings. The topological polar surface area (TPSA) is 17.1 Å². The lowest BCUT2D eigenvalue weighted by atomic mass is 9.99. The highest BCUT2D eigenvalue weighted by molar-refractivity contribution is 5.78. The maximum atomic E-state index is 10.7. The van der Waals surface area contributed by atoms with Gasteiger partial charge in [0.05, 0.1) is 0 Å². The van der Waals surface area contributed by atoms with Crippen LogP contribution < -0.4 is 0 Å². The van der Waals surface area contributed by atoms with Crippen LogP contribution in [0.3, 0.4) is 0 Å². The molecule has 1 nitrogen and oxygen atoms in total. The van der Waals surface area contributed by atoms with E-state index < -0.39 is 0 Å². The molecule has 1 heteroatoms. The van der Waals surface area contributed by atoms with E-state index in [2.05, 4.69) is 30.4 Å². The van der Waals surface area contributed by atoms with Gasteiger partial charge in [0, 0.05) is 5.56 Å². The van der Waals surface area contributed by atoms with Crippen LogP contribution in [0.5, 0.6) is 0 Å². The normalized spacial score (nSPS) is 20.4. The molecule has 2 rings (SSSR count). The zero-order valence-electron chi connectivity index (χ0n) is 9.10. The van der Waals surface area contributed by atoms with Crippen LogP contribution in [0.4, 0.5) is 0 Å². The minimum Gasteiger partial charge on any atom is -0.298 e. The molecular formula is C15H14O. The van der Waals surface area contributed by atoms with Gasteiger partial charge in [0.1, 0.15) is 6.29 Å². The molecular weight excluding hydrogens is 196 g/mol. The van der Waals surface area contributed by atoms with E-state index in [0.717, 1.165) is 30.3 Å². The lowest BCUT2D eigenvalue weighted by Crippen LogP contribution is -1.87. The van der Waals surface area contributed by atoms with Gasteiger partial charge in [-0.2, -0.15) is 0 Å². The van der Waals surface area contributed by atoms with E-state index in [9.17, 15) is 4.79 Å². The third-order valence-corrected chi connectivity index (χ3v) is 2.60. The standard InChI is InChI=1S/C15H14O/c16-12-13-7-6-10-15(11-13)14-8-4-2-1-3-5-9-14/h2-8,10-12H,1,9H2/b4-2?,5-3-,14-8+. The molecule has 0 spiro atoms. The van der Waals surface area contributed by atoms with Crippen molar-refractivity contribution in [1.29, 1.82) is 0 Å². The summed E-state index contributed by atoms with van der Waals surface area (Å²) in [6.45, 7) is 0. The predicted octanol–water partition coefficient (Wildman–Crippen LogP) is 3.79. The van der Waals surface area contributed by atoms with Crippen LogP contribution >= 0.6 is 0 Å². The number of hydrogen-bond acceptors (Lipinski definition) is 1. The minimum atomic E-state index is 0.730. The molecule has 80 valence electrons. The molecule has 0 unspecified atom stereocenters. The number of benzene rings is 1. The van der Waals surface area contributed by atoms with E-state index in [1.54, 1.807) is 0 Å². The SMILES string of the molecule is O=Cc1cccc(/C2=C/C=CC/C=C\C2)c1. The summed E-state index contributed by atoms with van der Waals surface area (Å²) in [6.07, 6.45) is 13.5. The summed E-state index contributed by atoms with van der Waals surface area (Å²) >= 11 is 0. The summed E-state index contributed by atoms with van der Waals surface area (Å²) < 4.78 is 0. The van der Waals surface area contributed by atoms with Gasteiger partial charge in [-0.05, 0) is 30.0 Å². The first kappa shape index (κ1) is 10.6. The molecule has 1 aliphatic carbocycles. The molecule has 1 aromatic carbocycles. The van der Waals surface area contributed by atoms with E-state index >= 15 is 0 Å². The van der Waals surface area contributed by atoms with Crippen molar-refractivity contribution in [2.24, 2.45) is 0 Å². The molecule has 0 N–H and O–H groups in total.